The molecule has 0 bridgehead atoms. The number of ether oxygens (including phenoxy) is 2. The summed E-state index contributed by atoms with van der Waals surface area (Å²) in [6.45, 7) is 2.20. The molecular formula is C11H18N2O4S. The Kier molecular flexibility index (Phi) is 9.57. The summed E-state index contributed by atoms with van der Waals surface area (Å²) in [5.74, 6) is 0.351. The molecule has 102 valence electrons. The van der Waals surface area contributed by atoms with E-state index in [1.165, 1.54) is 17.8 Å². The summed E-state index contributed by atoms with van der Waals surface area (Å²) in [5, 5.41) is 0. The molecule has 0 radical (unpaired) electrons. The number of esters is 2. The molecule has 0 aliphatic rings. The fraction of sp³-hybridized carbons (Fsp3) is 0.455. The number of hydrogen-bond acceptors (Lipinski definition) is 7. The first-order chi connectivity index (χ1) is 8.56. The molecule has 0 aliphatic heterocycles. The Morgan fingerprint density at radius 2 is 1.72 bits per heavy atom. The van der Waals surface area contributed by atoms with Crippen molar-refractivity contribution in [2.75, 3.05) is 24.7 Å². The van der Waals surface area contributed by atoms with E-state index in [1.54, 1.807) is 6.92 Å². The predicted molar refractivity (Wildman–Crippen MR) is 70.5 cm³/mol. The SMILES string of the molecule is C/C(N)=C/C(=O)OCCSCCOC(=O)/C=C\N. The third-order valence-corrected chi connectivity index (χ3v) is 2.43. The number of rotatable bonds is 8. The van der Waals surface area contributed by atoms with Crippen LogP contribution in [-0.4, -0.2) is 36.7 Å². The maximum absolute atomic E-state index is 11.0. The zero-order valence-corrected chi connectivity index (χ0v) is 11.1. The molecule has 0 aliphatic carbocycles. The molecule has 0 rings (SSSR count). The van der Waals surface area contributed by atoms with Crippen LogP contribution in [0.5, 0.6) is 0 Å². The summed E-state index contributed by atoms with van der Waals surface area (Å²) in [4.78, 5) is 21.9. The molecule has 4 N–H and O–H groups in total. The fourth-order valence-electron chi connectivity index (χ4n) is 0.859. The molecule has 18 heavy (non-hydrogen) atoms. The minimum Gasteiger partial charge on any atom is -0.462 e. The van der Waals surface area contributed by atoms with E-state index in [4.69, 9.17) is 20.9 Å². The van der Waals surface area contributed by atoms with Crippen molar-refractivity contribution in [3.63, 3.8) is 0 Å². The van der Waals surface area contributed by atoms with Crippen molar-refractivity contribution in [1.82, 2.24) is 0 Å². The molecule has 0 amide bonds. The second kappa shape index (κ2) is 10.5. The van der Waals surface area contributed by atoms with Gasteiger partial charge in [0.05, 0.1) is 0 Å². The van der Waals surface area contributed by atoms with Gasteiger partial charge in [-0.2, -0.15) is 11.8 Å². The van der Waals surface area contributed by atoms with E-state index >= 15 is 0 Å². The normalized spacial score (nSPS) is 11.5. The maximum atomic E-state index is 11.0. The van der Waals surface area contributed by atoms with Crippen LogP contribution >= 0.6 is 11.8 Å². The number of carbonyl (C=O) groups excluding carboxylic acids is 2. The summed E-state index contributed by atoms with van der Waals surface area (Å²) in [7, 11) is 0. The highest BCUT2D eigenvalue weighted by Crippen LogP contribution is 2.00. The largest absolute Gasteiger partial charge is 0.462 e. The Bertz CT molecular complexity index is 325. The van der Waals surface area contributed by atoms with Crippen LogP contribution in [0.4, 0.5) is 0 Å². The number of nitrogens with two attached hydrogens (primary N) is 2. The summed E-state index contributed by atoms with van der Waals surface area (Å²) in [6.07, 6.45) is 3.50. The lowest BCUT2D eigenvalue weighted by Gasteiger charge is -2.03. The van der Waals surface area contributed by atoms with E-state index < -0.39 is 11.9 Å². The van der Waals surface area contributed by atoms with Crippen LogP contribution in [-0.2, 0) is 19.1 Å². The minimum absolute atomic E-state index is 0.295. The van der Waals surface area contributed by atoms with Crippen LogP contribution in [0.25, 0.3) is 0 Å². The number of hydrogen-bond donors (Lipinski definition) is 2. The molecule has 6 nitrogen and oxygen atoms in total. The molecule has 7 heteroatoms. The van der Waals surface area contributed by atoms with E-state index in [0.717, 1.165) is 12.3 Å². The first-order valence-electron chi connectivity index (χ1n) is 5.29. The van der Waals surface area contributed by atoms with Gasteiger partial charge in [0, 0.05) is 35.6 Å². The standard InChI is InChI=1S/C11H18N2O4S/c1-9(13)8-11(15)17-5-7-18-6-4-16-10(14)2-3-12/h2-3,8H,4-7,12-13H2,1H3/b3-2-,9-8-. The van der Waals surface area contributed by atoms with E-state index in [0.29, 0.717) is 30.4 Å². The van der Waals surface area contributed by atoms with Crippen molar-refractivity contribution in [3.05, 3.63) is 24.0 Å². The molecule has 0 aromatic heterocycles. The van der Waals surface area contributed by atoms with E-state index in [9.17, 15) is 9.59 Å². The van der Waals surface area contributed by atoms with Gasteiger partial charge in [0.25, 0.3) is 0 Å². The topological polar surface area (TPSA) is 105 Å². The smallest absolute Gasteiger partial charge is 0.332 e. The van der Waals surface area contributed by atoms with E-state index in [2.05, 4.69) is 0 Å². The van der Waals surface area contributed by atoms with Gasteiger partial charge in [-0.1, -0.05) is 0 Å². The van der Waals surface area contributed by atoms with Gasteiger partial charge in [0.1, 0.15) is 13.2 Å². The lowest BCUT2D eigenvalue weighted by molar-refractivity contribution is -0.137. The number of allylic oxidation sites excluding steroid dienone is 1. The Morgan fingerprint density at radius 3 is 2.22 bits per heavy atom. The molecule has 0 saturated heterocycles. The van der Waals surface area contributed by atoms with E-state index in [1.807, 2.05) is 0 Å². The molecule has 0 aromatic carbocycles. The van der Waals surface area contributed by atoms with Gasteiger partial charge in [0.2, 0.25) is 0 Å². The lowest BCUT2D eigenvalue weighted by Crippen LogP contribution is -2.08. The average molecular weight is 274 g/mol. The summed E-state index contributed by atoms with van der Waals surface area (Å²) >= 11 is 1.51. The van der Waals surface area contributed by atoms with Crippen molar-refractivity contribution >= 4 is 23.7 Å². The Morgan fingerprint density at radius 1 is 1.17 bits per heavy atom. The average Bonchev–Trinajstić information content (AvgIpc) is 2.27. The van der Waals surface area contributed by atoms with Crippen molar-refractivity contribution in [3.8, 4) is 0 Å². The first kappa shape index (κ1) is 16.4. The van der Waals surface area contributed by atoms with Gasteiger partial charge in [-0.25, -0.2) is 9.59 Å². The maximum Gasteiger partial charge on any atom is 0.332 e. The van der Waals surface area contributed by atoms with Gasteiger partial charge in [-0.3, -0.25) is 0 Å². The van der Waals surface area contributed by atoms with Gasteiger partial charge >= 0.3 is 11.9 Å². The van der Waals surface area contributed by atoms with Crippen LogP contribution < -0.4 is 11.5 Å². The van der Waals surface area contributed by atoms with Crippen LogP contribution in [0.15, 0.2) is 24.0 Å². The summed E-state index contributed by atoms with van der Waals surface area (Å²) in [6, 6.07) is 0. The van der Waals surface area contributed by atoms with Crippen molar-refractivity contribution in [2.45, 2.75) is 6.92 Å². The molecule has 0 aromatic rings. The zero-order valence-electron chi connectivity index (χ0n) is 10.3. The third kappa shape index (κ3) is 10.9. The van der Waals surface area contributed by atoms with Gasteiger partial charge in [-0.15, -0.1) is 0 Å². The second-order valence-electron chi connectivity index (χ2n) is 3.19. The van der Waals surface area contributed by atoms with Crippen LogP contribution in [0, 0.1) is 0 Å². The Labute approximate surface area is 110 Å². The molecule has 0 unspecified atom stereocenters. The Hall–Kier alpha value is -1.63. The van der Waals surface area contributed by atoms with Gasteiger partial charge in [-0.05, 0) is 6.92 Å². The predicted octanol–water partition coefficient (Wildman–Crippen LogP) is 0.141. The highest BCUT2D eigenvalue weighted by molar-refractivity contribution is 7.99. The lowest BCUT2D eigenvalue weighted by atomic mass is 10.4. The van der Waals surface area contributed by atoms with Crippen LogP contribution in [0.2, 0.25) is 0 Å². The second-order valence-corrected chi connectivity index (χ2v) is 4.42. The summed E-state index contributed by atoms with van der Waals surface area (Å²) in [5.41, 5.74) is 10.7. The molecule has 0 saturated carbocycles. The Balaban J connectivity index is 3.39. The molecule has 0 heterocycles. The quantitative estimate of drug-likeness (QED) is 0.368. The van der Waals surface area contributed by atoms with Crippen molar-refractivity contribution in [2.24, 2.45) is 11.5 Å². The molecule has 0 fully saturated rings. The molecule has 0 atom stereocenters. The highest BCUT2D eigenvalue weighted by atomic mass is 32.2. The zero-order chi connectivity index (χ0) is 13.8. The number of carbonyl (C=O) groups is 2. The minimum atomic E-state index is -0.465. The summed E-state index contributed by atoms with van der Waals surface area (Å²) < 4.78 is 9.67. The van der Waals surface area contributed by atoms with Gasteiger partial charge < -0.3 is 20.9 Å². The van der Waals surface area contributed by atoms with Crippen molar-refractivity contribution in [1.29, 1.82) is 0 Å². The molecule has 0 spiro atoms. The van der Waals surface area contributed by atoms with Crippen LogP contribution in [0.1, 0.15) is 6.92 Å². The fourth-order valence-corrected chi connectivity index (χ4v) is 1.47. The monoisotopic (exact) mass is 274 g/mol. The molecular weight excluding hydrogens is 256 g/mol. The van der Waals surface area contributed by atoms with Crippen LogP contribution in [0.3, 0.4) is 0 Å². The van der Waals surface area contributed by atoms with Crippen molar-refractivity contribution < 1.29 is 19.1 Å². The first-order valence-corrected chi connectivity index (χ1v) is 6.45. The highest BCUT2D eigenvalue weighted by Gasteiger charge is 1.99. The third-order valence-electron chi connectivity index (χ3n) is 1.52. The van der Waals surface area contributed by atoms with E-state index in [-0.39, 0.29) is 0 Å². The van der Waals surface area contributed by atoms with Gasteiger partial charge in [0.15, 0.2) is 0 Å². The number of thioether (sulfide) groups is 1.